The van der Waals surface area contributed by atoms with E-state index in [1.54, 1.807) is 32.4 Å². The maximum atomic E-state index is 12.2. The number of carbonyl (C=O) groups excluding carboxylic acids is 1. The lowest BCUT2D eigenvalue weighted by Gasteiger charge is -2.09. The largest absolute Gasteiger partial charge is 0.493 e. The smallest absolute Gasteiger partial charge is 0.173 e. The van der Waals surface area contributed by atoms with E-state index in [9.17, 15) is 4.79 Å². The molecule has 4 nitrogen and oxygen atoms in total. The second-order valence-corrected chi connectivity index (χ2v) is 5.40. The first-order valence-electron chi connectivity index (χ1n) is 6.37. The maximum Gasteiger partial charge on any atom is 0.173 e. The molecule has 0 aromatic heterocycles. The number of ether oxygens (including phenoxy) is 2. The second kappa shape index (κ2) is 7.04. The van der Waals surface area contributed by atoms with Crippen LogP contribution in [0.5, 0.6) is 11.5 Å². The SMILES string of the molecule is COc1ccc(C(=O)CSc2cccc(N)c2)cc1OC. The Balaban J connectivity index is 2.06. The van der Waals surface area contributed by atoms with Gasteiger partial charge in [-0.25, -0.2) is 0 Å². The van der Waals surface area contributed by atoms with E-state index in [1.807, 2.05) is 24.3 Å². The Kier molecular flexibility index (Phi) is 5.11. The van der Waals surface area contributed by atoms with Crippen molar-refractivity contribution in [2.24, 2.45) is 0 Å². The van der Waals surface area contributed by atoms with Crippen molar-refractivity contribution in [1.82, 2.24) is 0 Å². The van der Waals surface area contributed by atoms with Crippen LogP contribution in [0.2, 0.25) is 0 Å². The zero-order valence-electron chi connectivity index (χ0n) is 12.0. The fourth-order valence-electron chi connectivity index (χ4n) is 1.85. The molecule has 5 heteroatoms. The molecule has 0 amide bonds. The average Bonchev–Trinajstić information content (AvgIpc) is 2.52. The minimum Gasteiger partial charge on any atom is -0.493 e. The van der Waals surface area contributed by atoms with E-state index < -0.39 is 0 Å². The molecule has 0 saturated carbocycles. The summed E-state index contributed by atoms with van der Waals surface area (Å²) in [6.45, 7) is 0. The highest BCUT2D eigenvalue weighted by Gasteiger charge is 2.11. The molecule has 0 atom stereocenters. The van der Waals surface area contributed by atoms with Crippen LogP contribution in [0.4, 0.5) is 5.69 Å². The summed E-state index contributed by atoms with van der Waals surface area (Å²) in [6, 6.07) is 12.6. The molecule has 2 rings (SSSR count). The van der Waals surface area contributed by atoms with Gasteiger partial charge in [0.05, 0.1) is 20.0 Å². The molecule has 0 spiro atoms. The molecule has 0 heterocycles. The van der Waals surface area contributed by atoms with Crippen molar-refractivity contribution < 1.29 is 14.3 Å². The minimum atomic E-state index is 0.0309. The number of nitrogens with two attached hydrogens (primary N) is 1. The number of ketones is 1. The zero-order chi connectivity index (χ0) is 15.2. The number of rotatable bonds is 6. The predicted octanol–water partition coefficient (Wildman–Crippen LogP) is 3.26. The molecular formula is C16H17NO3S. The van der Waals surface area contributed by atoms with Gasteiger partial charge >= 0.3 is 0 Å². The number of methoxy groups -OCH3 is 2. The lowest BCUT2D eigenvalue weighted by molar-refractivity contribution is 0.102. The number of hydrogen-bond acceptors (Lipinski definition) is 5. The van der Waals surface area contributed by atoms with Crippen molar-refractivity contribution in [3.63, 3.8) is 0 Å². The zero-order valence-corrected chi connectivity index (χ0v) is 12.8. The Bertz CT molecular complexity index is 643. The number of thioether (sulfide) groups is 1. The third-order valence-corrected chi connectivity index (χ3v) is 3.93. The van der Waals surface area contributed by atoms with E-state index in [-0.39, 0.29) is 5.78 Å². The van der Waals surface area contributed by atoms with Crippen LogP contribution in [0.1, 0.15) is 10.4 Å². The van der Waals surface area contributed by atoms with Crippen LogP contribution in [0, 0.1) is 0 Å². The molecule has 0 aliphatic rings. The van der Waals surface area contributed by atoms with Crippen LogP contribution in [0.25, 0.3) is 0 Å². The minimum absolute atomic E-state index is 0.0309. The molecule has 0 fully saturated rings. The van der Waals surface area contributed by atoms with E-state index in [2.05, 4.69) is 0 Å². The molecule has 0 aliphatic heterocycles. The van der Waals surface area contributed by atoms with Crippen molar-refractivity contribution in [2.75, 3.05) is 25.7 Å². The van der Waals surface area contributed by atoms with Crippen LogP contribution < -0.4 is 15.2 Å². The second-order valence-electron chi connectivity index (χ2n) is 4.35. The van der Waals surface area contributed by atoms with Crippen LogP contribution in [-0.2, 0) is 0 Å². The molecule has 2 aromatic carbocycles. The summed E-state index contributed by atoms with van der Waals surface area (Å²) in [5.41, 5.74) is 7.01. The van der Waals surface area contributed by atoms with Gasteiger partial charge in [0, 0.05) is 16.1 Å². The lowest BCUT2D eigenvalue weighted by atomic mass is 10.1. The van der Waals surface area contributed by atoms with Gasteiger partial charge in [0.15, 0.2) is 17.3 Å². The van der Waals surface area contributed by atoms with Crippen LogP contribution >= 0.6 is 11.8 Å². The molecule has 0 aliphatic carbocycles. The maximum absolute atomic E-state index is 12.2. The monoisotopic (exact) mass is 303 g/mol. The molecule has 110 valence electrons. The van der Waals surface area contributed by atoms with E-state index in [4.69, 9.17) is 15.2 Å². The molecule has 0 bridgehead atoms. The van der Waals surface area contributed by atoms with Gasteiger partial charge in [0.1, 0.15) is 0 Å². The molecule has 21 heavy (non-hydrogen) atoms. The fourth-order valence-corrected chi connectivity index (χ4v) is 2.70. The normalized spacial score (nSPS) is 10.2. The summed E-state index contributed by atoms with van der Waals surface area (Å²) < 4.78 is 10.4. The van der Waals surface area contributed by atoms with E-state index in [0.717, 1.165) is 4.90 Å². The summed E-state index contributed by atoms with van der Waals surface area (Å²) in [5, 5.41) is 0. The van der Waals surface area contributed by atoms with Gasteiger partial charge in [-0.1, -0.05) is 6.07 Å². The third-order valence-electron chi connectivity index (χ3n) is 2.93. The summed E-state index contributed by atoms with van der Waals surface area (Å²) >= 11 is 1.46. The number of Topliss-reactive ketones (excluding diaryl/α,β-unsaturated/α-hetero) is 1. The number of hydrogen-bond donors (Lipinski definition) is 1. The number of nitrogen functional groups attached to an aromatic ring is 1. The van der Waals surface area contributed by atoms with Crippen molar-refractivity contribution in [1.29, 1.82) is 0 Å². The Hall–Kier alpha value is -2.14. The number of carbonyl (C=O) groups is 1. The number of benzene rings is 2. The highest BCUT2D eigenvalue weighted by atomic mass is 32.2. The predicted molar refractivity (Wildman–Crippen MR) is 85.5 cm³/mol. The van der Waals surface area contributed by atoms with E-state index in [1.165, 1.54) is 11.8 Å². The quantitative estimate of drug-likeness (QED) is 0.504. The summed E-state index contributed by atoms with van der Waals surface area (Å²) in [4.78, 5) is 13.2. The highest BCUT2D eigenvalue weighted by Crippen LogP contribution is 2.28. The van der Waals surface area contributed by atoms with Gasteiger partial charge in [-0.3, -0.25) is 4.79 Å². The molecule has 2 N–H and O–H groups in total. The van der Waals surface area contributed by atoms with Crippen molar-refractivity contribution in [2.45, 2.75) is 4.90 Å². The highest BCUT2D eigenvalue weighted by molar-refractivity contribution is 8.00. The first-order valence-corrected chi connectivity index (χ1v) is 7.36. The van der Waals surface area contributed by atoms with Crippen molar-refractivity contribution >= 4 is 23.2 Å². The van der Waals surface area contributed by atoms with E-state index in [0.29, 0.717) is 28.5 Å². The summed E-state index contributed by atoms with van der Waals surface area (Å²) in [7, 11) is 3.11. The first kappa shape index (κ1) is 15.3. The molecular weight excluding hydrogens is 286 g/mol. The van der Waals surface area contributed by atoms with Crippen molar-refractivity contribution in [3.8, 4) is 11.5 Å². The Morgan fingerprint density at radius 2 is 1.86 bits per heavy atom. The number of anilines is 1. The molecule has 0 unspecified atom stereocenters. The average molecular weight is 303 g/mol. The Morgan fingerprint density at radius 3 is 2.52 bits per heavy atom. The Labute approximate surface area is 128 Å². The topological polar surface area (TPSA) is 61.5 Å². The van der Waals surface area contributed by atoms with E-state index >= 15 is 0 Å². The molecule has 2 aromatic rings. The molecule has 0 radical (unpaired) electrons. The van der Waals surface area contributed by atoms with Gasteiger partial charge in [-0.2, -0.15) is 0 Å². The van der Waals surface area contributed by atoms with Crippen LogP contribution in [0.15, 0.2) is 47.4 Å². The Morgan fingerprint density at radius 1 is 1.10 bits per heavy atom. The fraction of sp³-hybridized carbons (Fsp3) is 0.188. The van der Waals surface area contributed by atoms with Gasteiger partial charge in [0.2, 0.25) is 0 Å². The molecule has 0 saturated heterocycles. The third kappa shape index (κ3) is 3.92. The van der Waals surface area contributed by atoms with Crippen molar-refractivity contribution in [3.05, 3.63) is 48.0 Å². The summed E-state index contributed by atoms with van der Waals surface area (Å²) in [5.74, 6) is 1.54. The standard InChI is InChI=1S/C16H17NO3S/c1-19-15-7-6-11(8-16(15)20-2)14(18)10-21-13-5-3-4-12(17)9-13/h3-9H,10,17H2,1-2H3. The van der Waals surface area contributed by atoms with Gasteiger partial charge in [-0.15, -0.1) is 11.8 Å². The van der Waals surface area contributed by atoms with Gasteiger partial charge in [-0.05, 0) is 36.4 Å². The van der Waals surface area contributed by atoms with Gasteiger partial charge in [0.25, 0.3) is 0 Å². The first-order chi connectivity index (χ1) is 10.1. The summed E-state index contributed by atoms with van der Waals surface area (Å²) in [6.07, 6.45) is 0. The van der Waals surface area contributed by atoms with Crippen LogP contribution in [0.3, 0.4) is 0 Å². The van der Waals surface area contributed by atoms with Gasteiger partial charge < -0.3 is 15.2 Å². The van der Waals surface area contributed by atoms with Crippen LogP contribution in [-0.4, -0.2) is 25.8 Å². The lowest BCUT2D eigenvalue weighted by Crippen LogP contribution is -2.03.